The first-order valence-corrected chi connectivity index (χ1v) is 13.6. The maximum absolute atomic E-state index is 12.5. The Morgan fingerprint density at radius 3 is 2.00 bits per heavy atom. The molecule has 32 heavy (non-hydrogen) atoms. The Bertz CT molecular complexity index is 971. The molecule has 4 aliphatic carbocycles. The summed E-state index contributed by atoms with van der Waals surface area (Å²) in [6, 6.07) is 7.93. The van der Waals surface area contributed by atoms with Crippen molar-refractivity contribution >= 4 is 27.3 Å². The number of nitrogens with one attached hydrogen (secondary N) is 1. The van der Waals surface area contributed by atoms with E-state index < -0.39 is 15.9 Å². The molecule has 0 unspecified atom stereocenters. The monoisotopic (exact) mass is 459 g/mol. The van der Waals surface area contributed by atoms with Gasteiger partial charge in [0.05, 0.1) is 11.9 Å². The van der Waals surface area contributed by atoms with Gasteiger partial charge in [-0.3, -0.25) is 9.10 Å². The van der Waals surface area contributed by atoms with Crippen LogP contribution in [-0.2, 0) is 20.2 Å². The lowest BCUT2D eigenvalue weighted by Crippen LogP contribution is -2.48. The van der Waals surface area contributed by atoms with Gasteiger partial charge in [0.15, 0.2) is 0 Å². The molecule has 4 fully saturated rings. The summed E-state index contributed by atoms with van der Waals surface area (Å²) in [6.45, 7) is 7.57. The molecule has 0 radical (unpaired) electrons. The Labute approximate surface area is 192 Å². The van der Waals surface area contributed by atoms with E-state index in [1.165, 1.54) is 44.1 Å². The van der Waals surface area contributed by atoms with Gasteiger partial charge in [-0.25, -0.2) is 13.8 Å². The van der Waals surface area contributed by atoms with Crippen LogP contribution < -0.4 is 9.73 Å². The van der Waals surface area contributed by atoms with Crippen LogP contribution in [0.5, 0.6) is 0 Å². The third-order valence-electron chi connectivity index (χ3n) is 7.93. The molecule has 5 rings (SSSR count). The fraction of sp³-hybridized carbons (Fsp3) is 0.680. The minimum absolute atomic E-state index is 0.170. The molecule has 1 aromatic rings. The van der Waals surface area contributed by atoms with E-state index in [4.69, 9.17) is 0 Å². The van der Waals surface area contributed by atoms with Crippen molar-refractivity contribution in [3.63, 3.8) is 0 Å². The summed E-state index contributed by atoms with van der Waals surface area (Å²) < 4.78 is 26.1. The van der Waals surface area contributed by atoms with Gasteiger partial charge in [0.1, 0.15) is 6.54 Å². The first kappa shape index (κ1) is 23.3. The number of carbonyl (C=O) groups is 1. The van der Waals surface area contributed by atoms with Crippen LogP contribution in [0.3, 0.4) is 0 Å². The fourth-order valence-electron chi connectivity index (χ4n) is 6.33. The number of nitrogens with zero attached hydrogens (tertiary/aromatic N) is 2. The van der Waals surface area contributed by atoms with E-state index in [-0.39, 0.29) is 17.4 Å². The third kappa shape index (κ3) is 4.73. The number of benzene rings is 1. The molecule has 4 saturated carbocycles. The van der Waals surface area contributed by atoms with Crippen molar-refractivity contribution in [3.05, 3.63) is 29.8 Å². The molecule has 1 amide bonds. The number of carbonyl (C=O) groups excluding carboxylic acids is 1. The van der Waals surface area contributed by atoms with E-state index >= 15 is 0 Å². The maximum Gasteiger partial charge on any atom is 0.260 e. The Morgan fingerprint density at radius 1 is 1.06 bits per heavy atom. The number of rotatable bonds is 6. The standard InChI is InChI=1S/C25H37N3O3S/c1-17(24(2,3)4)26-27-23(29)16-28(32(5,30)31)22-8-6-21(7-9-22)25-13-18-10-19(14-25)12-20(11-18)15-25/h6-9,18-20H,10-16H2,1-5H3,(H,27,29)/b26-17+. The summed E-state index contributed by atoms with van der Waals surface area (Å²) in [5.41, 5.74) is 5.23. The molecule has 4 aliphatic rings. The van der Waals surface area contributed by atoms with Crippen LogP contribution >= 0.6 is 0 Å². The lowest BCUT2D eigenvalue weighted by atomic mass is 9.48. The average Bonchev–Trinajstić information content (AvgIpc) is 2.68. The summed E-state index contributed by atoms with van der Waals surface area (Å²) in [7, 11) is -3.61. The molecule has 0 aromatic heterocycles. The quantitative estimate of drug-likeness (QED) is 0.504. The molecule has 176 valence electrons. The summed E-state index contributed by atoms with van der Waals surface area (Å²) in [6.07, 6.45) is 9.12. The molecule has 0 saturated heterocycles. The smallest absolute Gasteiger partial charge is 0.260 e. The molecule has 1 aromatic carbocycles. The van der Waals surface area contributed by atoms with Gasteiger partial charge in [-0.2, -0.15) is 5.10 Å². The van der Waals surface area contributed by atoms with Gasteiger partial charge < -0.3 is 0 Å². The number of amides is 1. The lowest BCUT2D eigenvalue weighted by molar-refractivity contribution is -0.119. The van der Waals surface area contributed by atoms with Crippen LogP contribution in [0.25, 0.3) is 0 Å². The van der Waals surface area contributed by atoms with Gasteiger partial charge in [-0.05, 0) is 86.3 Å². The Kier molecular flexibility index (Phi) is 5.93. The second-order valence-corrected chi connectivity index (χ2v) is 13.4. The van der Waals surface area contributed by atoms with Gasteiger partial charge >= 0.3 is 0 Å². The fourth-order valence-corrected chi connectivity index (χ4v) is 7.18. The second kappa shape index (κ2) is 8.15. The van der Waals surface area contributed by atoms with Crippen molar-refractivity contribution in [3.8, 4) is 0 Å². The number of hydrazone groups is 1. The van der Waals surface area contributed by atoms with Gasteiger partial charge in [0.25, 0.3) is 5.91 Å². The first-order chi connectivity index (χ1) is 14.9. The number of sulfonamides is 1. The number of hydrogen-bond donors (Lipinski definition) is 1. The normalized spacial score (nSPS) is 29.8. The Morgan fingerprint density at radius 2 is 1.56 bits per heavy atom. The minimum atomic E-state index is -3.61. The molecule has 7 heteroatoms. The Hall–Kier alpha value is -1.89. The molecule has 0 aliphatic heterocycles. The zero-order valence-corrected chi connectivity index (χ0v) is 20.8. The number of anilines is 1. The largest absolute Gasteiger partial charge is 0.271 e. The van der Waals surface area contributed by atoms with Crippen LogP contribution in [0.2, 0.25) is 0 Å². The van der Waals surface area contributed by atoms with Crippen LogP contribution in [0.4, 0.5) is 5.69 Å². The predicted octanol–water partition coefficient (Wildman–Crippen LogP) is 4.46. The van der Waals surface area contributed by atoms with Gasteiger partial charge in [-0.15, -0.1) is 0 Å². The summed E-state index contributed by atoms with van der Waals surface area (Å²) in [4.78, 5) is 12.5. The van der Waals surface area contributed by atoms with Crippen molar-refractivity contribution in [2.75, 3.05) is 17.1 Å². The molecule has 0 heterocycles. The number of hydrogen-bond acceptors (Lipinski definition) is 4. The van der Waals surface area contributed by atoms with Crippen molar-refractivity contribution in [1.82, 2.24) is 5.43 Å². The highest BCUT2D eigenvalue weighted by Gasteiger charge is 2.51. The third-order valence-corrected chi connectivity index (χ3v) is 9.07. The molecule has 4 bridgehead atoms. The maximum atomic E-state index is 12.5. The van der Waals surface area contributed by atoms with Gasteiger partial charge in [0, 0.05) is 11.1 Å². The van der Waals surface area contributed by atoms with Crippen molar-refractivity contribution < 1.29 is 13.2 Å². The molecular weight excluding hydrogens is 422 g/mol. The van der Waals surface area contributed by atoms with Crippen molar-refractivity contribution in [2.24, 2.45) is 28.3 Å². The lowest BCUT2D eigenvalue weighted by Gasteiger charge is -2.57. The van der Waals surface area contributed by atoms with E-state index in [9.17, 15) is 13.2 Å². The van der Waals surface area contributed by atoms with Crippen molar-refractivity contribution in [2.45, 2.75) is 71.6 Å². The second-order valence-electron chi connectivity index (χ2n) is 11.5. The molecule has 1 N–H and O–H groups in total. The molecular formula is C25H37N3O3S. The summed E-state index contributed by atoms with van der Waals surface area (Å²) in [5.74, 6) is 2.11. The first-order valence-electron chi connectivity index (χ1n) is 11.8. The average molecular weight is 460 g/mol. The molecule has 6 nitrogen and oxygen atoms in total. The topological polar surface area (TPSA) is 78.8 Å². The highest BCUT2D eigenvalue weighted by molar-refractivity contribution is 7.92. The zero-order chi connectivity index (χ0) is 23.3. The van der Waals surface area contributed by atoms with E-state index in [1.54, 1.807) is 0 Å². The molecule has 0 atom stereocenters. The van der Waals surface area contributed by atoms with E-state index in [2.05, 4.69) is 22.7 Å². The van der Waals surface area contributed by atoms with E-state index in [1.807, 2.05) is 39.8 Å². The van der Waals surface area contributed by atoms with Gasteiger partial charge in [0.2, 0.25) is 10.0 Å². The van der Waals surface area contributed by atoms with Crippen LogP contribution in [0.15, 0.2) is 29.4 Å². The van der Waals surface area contributed by atoms with Gasteiger partial charge in [-0.1, -0.05) is 32.9 Å². The Balaban J connectivity index is 1.51. The summed E-state index contributed by atoms with van der Waals surface area (Å²) in [5, 5.41) is 4.14. The minimum Gasteiger partial charge on any atom is -0.271 e. The predicted molar refractivity (Wildman–Crippen MR) is 129 cm³/mol. The zero-order valence-electron chi connectivity index (χ0n) is 20.0. The summed E-state index contributed by atoms with van der Waals surface area (Å²) >= 11 is 0. The molecule has 0 spiro atoms. The van der Waals surface area contributed by atoms with Crippen LogP contribution in [0, 0.1) is 23.2 Å². The van der Waals surface area contributed by atoms with Crippen molar-refractivity contribution in [1.29, 1.82) is 0 Å². The van der Waals surface area contributed by atoms with E-state index in [0.29, 0.717) is 5.69 Å². The SMILES string of the molecule is C/C(=N\NC(=O)CN(c1ccc(C23CC4CC(CC(C4)C2)C3)cc1)S(C)(=O)=O)C(C)(C)C. The van der Waals surface area contributed by atoms with E-state index in [0.717, 1.165) is 34.0 Å². The highest BCUT2D eigenvalue weighted by Crippen LogP contribution is 2.60. The highest BCUT2D eigenvalue weighted by atomic mass is 32.2. The van der Waals surface area contributed by atoms with Crippen LogP contribution in [0.1, 0.15) is 71.8 Å². The van der Waals surface area contributed by atoms with Crippen LogP contribution in [-0.4, -0.2) is 32.8 Å².